The number of ether oxygens (including phenoxy) is 1. The first-order valence-electron chi connectivity index (χ1n) is 8.91. The van der Waals surface area contributed by atoms with E-state index in [0.29, 0.717) is 17.3 Å². The van der Waals surface area contributed by atoms with E-state index >= 15 is 0 Å². The Balaban J connectivity index is 1.67. The molecule has 5 nitrogen and oxygen atoms in total. The van der Waals surface area contributed by atoms with Crippen molar-refractivity contribution >= 4 is 22.4 Å². The lowest BCUT2D eigenvalue weighted by Crippen LogP contribution is -2.32. The molecule has 0 spiro atoms. The largest absolute Gasteiger partial charge is 0.481 e. The minimum atomic E-state index is -0.584. The lowest BCUT2D eigenvalue weighted by molar-refractivity contribution is -0.122. The van der Waals surface area contributed by atoms with Gasteiger partial charge >= 0.3 is 0 Å². The van der Waals surface area contributed by atoms with E-state index in [9.17, 15) is 4.79 Å². The second-order valence-corrected chi connectivity index (χ2v) is 7.51. The SMILES string of the molecule is CC[C@H](Oc1ccc(C)c(C)c1)C(=O)Nc1nnc(-c2ccc(C)cc2)s1. The van der Waals surface area contributed by atoms with Gasteiger partial charge in [0.2, 0.25) is 5.13 Å². The number of aryl methyl sites for hydroxylation is 3. The number of carbonyl (C=O) groups is 1. The van der Waals surface area contributed by atoms with Crippen LogP contribution in [0.2, 0.25) is 0 Å². The van der Waals surface area contributed by atoms with E-state index < -0.39 is 6.10 Å². The molecule has 0 saturated heterocycles. The fourth-order valence-corrected chi connectivity index (χ4v) is 3.30. The minimum absolute atomic E-state index is 0.220. The molecular formula is C21H23N3O2S. The third-order valence-corrected chi connectivity index (χ3v) is 5.26. The number of nitrogens with one attached hydrogen (secondary N) is 1. The molecule has 0 aliphatic heterocycles. The summed E-state index contributed by atoms with van der Waals surface area (Å²) in [6.07, 6.45) is -0.0265. The monoisotopic (exact) mass is 381 g/mol. The molecule has 27 heavy (non-hydrogen) atoms. The van der Waals surface area contributed by atoms with Crippen molar-refractivity contribution in [3.8, 4) is 16.3 Å². The third kappa shape index (κ3) is 4.71. The molecule has 0 bridgehead atoms. The Kier molecular flexibility index (Phi) is 5.86. The predicted octanol–water partition coefficient (Wildman–Crippen LogP) is 4.93. The van der Waals surface area contributed by atoms with Gasteiger partial charge < -0.3 is 4.74 Å². The number of hydrogen-bond donors (Lipinski definition) is 1. The molecule has 0 unspecified atom stereocenters. The maximum absolute atomic E-state index is 12.6. The van der Waals surface area contributed by atoms with E-state index in [1.165, 1.54) is 22.5 Å². The van der Waals surface area contributed by atoms with Crippen LogP contribution in [-0.2, 0) is 4.79 Å². The van der Waals surface area contributed by atoms with Crippen molar-refractivity contribution in [2.75, 3.05) is 5.32 Å². The number of nitrogens with zero attached hydrogens (tertiary/aromatic N) is 2. The lowest BCUT2D eigenvalue weighted by Gasteiger charge is -2.17. The highest BCUT2D eigenvalue weighted by Crippen LogP contribution is 2.27. The average Bonchev–Trinajstić information content (AvgIpc) is 3.11. The summed E-state index contributed by atoms with van der Waals surface area (Å²) in [5.74, 6) is 0.472. The second-order valence-electron chi connectivity index (χ2n) is 6.53. The van der Waals surface area contributed by atoms with E-state index in [1.807, 2.05) is 70.2 Å². The molecule has 0 fully saturated rings. The van der Waals surface area contributed by atoms with Crippen LogP contribution in [-0.4, -0.2) is 22.2 Å². The average molecular weight is 382 g/mol. The standard InChI is InChI=1S/C21H23N3O2S/c1-5-18(26-17-11-8-14(3)15(4)12-17)19(25)22-21-24-23-20(27-21)16-9-6-13(2)7-10-16/h6-12,18H,5H2,1-4H3,(H,22,24,25)/t18-/m0/s1. The van der Waals surface area contributed by atoms with Gasteiger partial charge in [0.05, 0.1) is 0 Å². The van der Waals surface area contributed by atoms with Gasteiger partial charge in [-0.25, -0.2) is 0 Å². The van der Waals surface area contributed by atoms with Crippen LogP contribution in [0.1, 0.15) is 30.0 Å². The highest BCUT2D eigenvalue weighted by atomic mass is 32.1. The molecule has 1 aromatic heterocycles. The number of rotatable bonds is 6. The van der Waals surface area contributed by atoms with Crippen molar-refractivity contribution in [1.82, 2.24) is 10.2 Å². The normalized spacial score (nSPS) is 11.9. The van der Waals surface area contributed by atoms with Crippen LogP contribution in [0.4, 0.5) is 5.13 Å². The Morgan fingerprint density at radius 1 is 1.07 bits per heavy atom. The van der Waals surface area contributed by atoms with Gasteiger partial charge in [-0.05, 0) is 50.5 Å². The summed E-state index contributed by atoms with van der Waals surface area (Å²) in [6, 6.07) is 13.9. The van der Waals surface area contributed by atoms with E-state index in [1.54, 1.807) is 0 Å². The number of benzene rings is 2. The van der Waals surface area contributed by atoms with E-state index in [2.05, 4.69) is 15.5 Å². The molecule has 3 aromatic rings. The Hall–Kier alpha value is -2.73. The molecule has 0 aliphatic carbocycles. The molecule has 1 heterocycles. The summed E-state index contributed by atoms with van der Waals surface area (Å²) in [5.41, 5.74) is 4.50. The zero-order valence-corrected chi connectivity index (χ0v) is 16.8. The molecular weight excluding hydrogens is 358 g/mol. The van der Waals surface area contributed by atoms with Gasteiger partial charge in [0.15, 0.2) is 6.10 Å². The molecule has 1 N–H and O–H groups in total. The fourth-order valence-electron chi connectivity index (χ4n) is 2.55. The number of anilines is 1. The van der Waals surface area contributed by atoms with Crippen molar-refractivity contribution in [3.63, 3.8) is 0 Å². The molecule has 1 amide bonds. The lowest BCUT2D eigenvalue weighted by atomic mass is 10.1. The van der Waals surface area contributed by atoms with Crippen molar-refractivity contribution < 1.29 is 9.53 Å². The zero-order chi connectivity index (χ0) is 19.4. The summed E-state index contributed by atoms with van der Waals surface area (Å²) >= 11 is 1.35. The van der Waals surface area contributed by atoms with Crippen LogP contribution in [0, 0.1) is 20.8 Å². The van der Waals surface area contributed by atoms with Gasteiger partial charge in [0.25, 0.3) is 5.91 Å². The van der Waals surface area contributed by atoms with Crippen LogP contribution in [0.5, 0.6) is 5.75 Å². The van der Waals surface area contributed by atoms with Gasteiger partial charge in [-0.3, -0.25) is 10.1 Å². The van der Waals surface area contributed by atoms with Gasteiger partial charge in [0, 0.05) is 5.56 Å². The summed E-state index contributed by atoms with van der Waals surface area (Å²) < 4.78 is 5.88. The quantitative estimate of drug-likeness (QED) is 0.658. The summed E-state index contributed by atoms with van der Waals surface area (Å²) in [6.45, 7) is 8.03. The molecule has 3 rings (SSSR count). The third-order valence-electron chi connectivity index (χ3n) is 4.37. The molecule has 0 radical (unpaired) electrons. The van der Waals surface area contributed by atoms with Gasteiger partial charge in [0.1, 0.15) is 10.8 Å². The first kappa shape index (κ1) is 19.0. The maximum atomic E-state index is 12.6. The van der Waals surface area contributed by atoms with Crippen LogP contribution in [0.15, 0.2) is 42.5 Å². The smallest absolute Gasteiger partial charge is 0.267 e. The Bertz CT molecular complexity index is 935. The number of carbonyl (C=O) groups excluding carboxylic acids is 1. The fraction of sp³-hybridized carbons (Fsp3) is 0.286. The Labute approximate surface area is 163 Å². The first-order chi connectivity index (χ1) is 13.0. The van der Waals surface area contributed by atoms with Crippen LogP contribution >= 0.6 is 11.3 Å². The van der Waals surface area contributed by atoms with Crippen molar-refractivity contribution in [2.24, 2.45) is 0 Å². The highest BCUT2D eigenvalue weighted by molar-refractivity contribution is 7.18. The first-order valence-corrected chi connectivity index (χ1v) is 9.73. The minimum Gasteiger partial charge on any atom is -0.481 e. The summed E-state index contributed by atoms with van der Waals surface area (Å²) in [5, 5.41) is 12.3. The molecule has 6 heteroatoms. The van der Waals surface area contributed by atoms with Crippen molar-refractivity contribution in [1.29, 1.82) is 0 Å². The highest BCUT2D eigenvalue weighted by Gasteiger charge is 2.20. The zero-order valence-electron chi connectivity index (χ0n) is 15.9. The topological polar surface area (TPSA) is 64.1 Å². The number of amides is 1. The Morgan fingerprint density at radius 3 is 2.48 bits per heavy atom. The van der Waals surface area contributed by atoms with Gasteiger partial charge in [-0.2, -0.15) is 0 Å². The number of hydrogen-bond acceptors (Lipinski definition) is 5. The number of aromatic nitrogens is 2. The van der Waals surface area contributed by atoms with Crippen LogP contribution < -0.4 is 10.1 Å². The molecule has 0 aliphatic rings. The van der Waals surface area contributed by atoms with E-state index in [4.69, 9.17) is 4.74 Å². The molecule has 1 atom stereocenters. The van der Waals surface area contributed by atoms with Crippen LogP contribution in [0.3, 0.4) is 0 Å². The van der Waals surface area contributed by atoms with Crippen LogP contribution in [0.25, 0.3) is 10.6 Å². The van der Waals surface area contributed by atoms with Crippen molar-refractivity contribution in [2.45, 2.75) is 40.2 Å². The van der Waals surface area contributed by atoms with E-state index in [0.717, 1.165) is 16.1 Å². The summed E-state index contributed by atoms with van der Waals surface area (Å²) in [7, 11) is 0. The Morgan fingerprint density at radius 2 is 1.81 bits per heavy atom. The molecule has 140 valence electrons. The second kappa shape index (κ2) is 8.31. The van der Waals surface area contributed by atoms with Gasteiger partial charge in [-0.15, -0.1) is 10.2 Å². The molecule has 0 saturated carbocycles. The van der Waals surface area contributed by atoms with Gasteiger partial charge in [-0.1, -0.05) is 54.2 Å². The molecule has 2 aromatic carbocycles. The van der Waals surface area contributed by atoms with E-state index in [-0.39, 0.29) is 5.91 Å². The predicted molar refractivity (Wildman–Crippen MR) is 109 cm³/mol. The van der Waals surface area contributed by atoms with Crippen molar-refractivity contribution in [3.05, 3.63) is 59.2 Å². The maximum Gasteiger partial charge on any atom is 0.267 e. The summed E-state index contributed by atoms with van der Waals surface area (Å²) in [4.78, 5) is 12.6.